The second-order valence-electron chi connectivity index (χ2n) is 4.66. The van der Waals surface area contributed by atoms with Crippen LogP contribution in [0.1, 0.15) is 12.8 Å². The van der Waals surface area contributed by atoms with E-state index >= 15 is 0 Å². The summed E-state index contributed by atoms with van der Waals surface area (Å²) in [5, 5.41) is 2.98. The van der Waals surface area contributed by atoms with Gasteiger partial charge >= 0.3 is 0 Å². The number of allylic oxidation sites excluding steroid dienone is 2. The van der Waals surface area contributed by atoms with Gasteiger partial charge in [0.2, 0.25) is 0 Å². The Hall–Kier alpha value is -1.39. The predicted molar refractivity (Wildman–Crippen MR) is 81.3 cm³/mol. The van der Waals surface area contributed by atoms with Crippen molar-refractivity contribution in [3.8, 4) is 0 Å². The quantitative estimate of drug-likeness (QED) is 0.573. The van der Waals surface area contributed by atoms with E-state index in [-0.39, 0.29) is 7.92 Å². The number of benzene rings is 2. The van der Waals surface area contributed by atoms with Crippen LogP contribution in [0, 0.1) is 0 Å². The van der Waals surface area contributed by atoms with Gasteiger partial charge in [0.25, 0.3) is 0 Å². The van der Waals surface area contributed by atoms with Gasteiger partial charge in [-0.15, -0.1) is 0 Å². The maximum absolute atomic E-state index is 2.40. The Morgan fingerprint density at radius 2 is 1.28 bits per heavy atom. The average Bonchev–Trinajstić information content (AvgIpc) is 2.40. The fourth-order valence-corrected chi connectivity index (χ4v) is 4.66. The van der Waals surface area contributed by atoms with Crippen LogP contribution in [0.5, 0.6) is 0 Å². The molecule has 0 fully saturated rings. The van der Waals surface area contributed by atoms with E-state index in [1.807, 2.05) is 0 Å². The topological polar surface area (TPSA) is 0 Å². The largest absolute Gasteiger partial charge is 0.0846 e. The summed E-state index contributed by atoms with van der Waals surface area (Å²) in [5.41, 5.74) is 1.65. The molecule has 0 aromatic heterocycles. The molecular formula is C17H17P. The summed E-state index contributed by atoms with van der Waals surface area (Å²) in [6, 6.07) is 21.9. The zero-order valence-corrected chi connectivity index (χ0v) is 11.3. The van der Waals surface area contributed by atoms with Crippen LogP contribution in [0.3, 0.4) is 0 Å². The fourth-order valence-electron chi connectivity index (χ4n) is 2.24. The van der Waals surface area contributed by atoms with E-state index in [4.69, 9.17) is 0 Å². The molecule has 90 valence electrons. The molecule has 0 amide bonds. The van der Waals surface area contributed by atoms with Gasteiger partial charge in [0.05, 0.1) is 0 Å². The Bertz CT molecular complexity index is 489. The van der Waals surface area contributed by atoms with Gasteiger partial charge in [0.1, 0.15) is 0 Å². The zero-order valence-electron chi connectivity index (χ0n) is 10.4. The van der Waals surface area contributed by atoms with Gasteiger partial charge in [0.15, 0.2) is 0 Å². The second-order valence-corrected chi connectivity index (χ2v) is 6.86. The van der Waals surface area contributed by atoms with Gasteiger partial charge in [-0.1, -0.05) is 72.3 Å². The number of hydrogen-bond donors (Lipinski definition) is 0. The second kappa shape index (κ2) is 5.50. The molecule has 0 saturated heterocycles. The van der Waals surface area contributed by atoms with E-state index in [0.29, 0.717) is 0 Å². The van der Waals surface area contributed by atoms with Crippen LogP contribution < -0.4 is 10.6 Å². The highest BCUT2D eigenvalue weighted by atomic mass is 31.1. The summed E-state index contributed by atoms with van der Waals surface area (Å²) in [7, 11) is -0.213. The third-order valence-electron chi connectivity index (χ3n) is 3.40. The summed E-state index contributed by atoms with van der Waals surface area (Å²) >= 11 is 0. The lowest BCUT2D eigenvalue weighted by molar-refractivity contribution is 0.879. The van der Waals surface area contributed by atoms with Crippen molar-refractivity contribution in [1.29, 1.82) is 0 Å². The van der Waals surface area contributed by atoms with E-state index in [1.54, 1.807) is 5.57 Å². The van der Waals surface area contributed by atoms with Crippen molar-refractivity contribution in [2.75, 3.05) is 6.16 Å². The molecule has 0 atom stereocenters. The highest BCUT2D eigenvalue weighted by Crippen LogP contribution is 2.38. The number of rotatable bonds is 4. The van der Waals surface area contributed by atoms with Gasteiger partial charge in [0, 0.05) is 0 Å². The van der Waals surface area contributed by atoms with Crippen LogP contribution in [0.25, 0.3) is 0 Å². The van der Waals surface area contributed by atoms with Crippen LogP contribution >= 0.6 is 7.92 Å². The van der Waals surface area contributed by atoms with Crippen LogP contribution in [-0.4, -0.2) is 6.16 Å². The monoisotopic (exact) mass is 252 g/mol. The lowest BCUT2D eigenvalue weighted by Gasteiger charge is -2.23. The Kier molecular flexibility index (Phi) is 3.57. The Morgan fingerprint density at radius 1 is 0.778 bits per heavy atom. The van der Waals surface area contributed by atoms with Crippen molar-refractivity contribution < 1.29 is 0 Å². The molecule has 0 saturated carbocycles. The first-order valence-electron chi connectivity index (χ1n) is 6.49. The molecule has 0 nitrogen and oxygen atoms in total. The van der Waals surface area contributed by atoms with Crippen LogP contribution in [-0.2, 0) is 0 Å². The van der Waals surface area contributed by atoms with Crippen molar-refractivity contribution in [2.45, 2.75) is 12.8 Å². The summed E-state index contributed by atoms with van der Waals surface area (Å²) in [4.78, 5) is 0. The van der Waals surface area contributed by atoms with Gasteiger partial charge in [-0.05, 0) is 37.5 Å². The molecule has 0 heterocycles. The van der Waals surface area contributed by atoms with Crippen molar-refractivity contribution in [3.63, 3.8) is 0 Å². The van der Waals surface area contributed by atoms with Gasteiger partial charge < -0.3 is 0 Å². The van der Waals surface area contributed by atoms with Gasteiger partial charge in [-0.2, -0.15) is 0 Å². The minimum absolute atomic E-state index is 0.213. The first kappa shape index (κ1) is 11.7. The molecule has 0 N–H and O–H groups in total. The van der Waals surface area contributed by atoms with E-state index in [0.717, 1.165) is 0 Å². The van der Waals surface area contributed by atoms with Crippen molar-refractivity contribution in [2.24, 2.45) is 0 Å². The minimum atomic E-state index is -0.213. The van der Waals surface area contributed by atoms with Crippen LogP contribution in [0.4, 0.5) is 0 Å². The highest BCUT2D eigenvalue weighted by molar-refractivity contribution is 7.73. The molecule has 1 heteroatoms. The van der Waals surface area contributed by atoms with E-state index in [9.17, 15) is 0 Å². The third-order valence-corrected chi connectivity index (χ3v) is 5.96. The number of hydrogen-bond acceptors (Lipinski definition) is 0. The fraction of sp³-hybridized carbons (Fsp3) is 0.176. The predicted octanol–water partition coefficient (Wildman–Crippen LogP) is 3.84. The lowest BCUT2D eigenvalue weighted by atomic mass is 10.0. The molecule has 0 aliphatic heterocycles. The Labute approximate surface area is 110 Å². The Morgan fingerprint density at radius 3 is 1.67 bits per heavy atom. The normalized spacial score (nSPS) is 14.2. The highest BCUT2D eigenvalue weighted by Gasteiger charge is 2.17. The SMILES string of the molecule is C1=C(CP(c2ccccc2)c2ccccc2)CC1. The van der Waals surface area contributed by atoms with Crippen molar-refractivity contribution in [3.05, 3.63) is 72.3 Å². The summed E-state index contributed by atoms with van der Waals surface area (Å²) < 4.78 is 0. The van der Waals surface area contributed by atoms with E-state index in [1.165, 1.54) is 29.6 Å². The van der Waals surface area contributed by atoms with E-state index < -0.39 is 0 Å². The summed E-state index contributed by atoms with van der Waals surface area (Å²) in [6.45, 7) is 0. The maximum atomic E-state index is 2.40. The van der Waals surface area contributed by atoms with Crippen LogP contribution in [0.15, 0.2) is 72.3 Å². The molecule has 1 aliphatic carbocycles. The molecule has 2 aromatic carbocycles. The maximum Gasteiger partial charge on any atom is -0.00338 e. The molecule has 0 unspecified atom stereocenters. The smallest absolute Gasteiger partial charge is 0.00338 e. The summed E-state index contributed by atoms with van der Waals surface area (Å²) in [5.74, 6) is 0. The van der Waals surface area contributed by atoms with E-state index in [2.05, 4.69) is 66.7 Å². The summed E-state index contributed by atoms with van der Waals surface area (Å²) in [6.07, 6.45) is 6.23. The standard InChI is InChI=1S/C17H17P/c1-3-10-16(11-4-1)18(14-15-8-7-9-15)17-12-5-2-6-13-17/h1-6,8,10-13H,7,9,14H2. The molecule has 18 heavy (non-hydrogen) atoms. The first-order chi connectivity index (χ1) is 8.93. The molecule has 3 rings (SSSR count). The molecule has 0 radical (unpaired) electrons. The first-order valence-corrected chi connectivity index (χ1v) is 8.02. The van der Waals surface area contributed by atoms with Crippen molar-refractivity contribution in [1.82, 2.24) is 0 Å². The van der Waals surface area contributed by atoms with Gasteiger partial charge in [-0.3, -0.25) is 0 Å². The van der Waals surface area contributed by atoms with Crippen LogP contribution in [0.2, 0.25) is 0 Å². The van der Waals surface area contributed by atoms with Gasteiger partial charge in [-0.25, -0.2) is 0 Å². The zero-order chi connectivity index (χ0) is 12.2. The minimum Gasteiger partial charge on any atom is -0.0846 e. The molecule has 1 aliphatic rings. The lowest BCUT2D eigenvalue weighted by Crippen LogP contribution is -2.16. The Balaban J connectivity index is 1.93. The molecule has 0 spiro atoms. The molecule has 0 bridgehead atoms. The molecular weight excluding hydrogens is 235 g/mol. The molecule has 2 aromatic rings. The average molecular weight is 252 g/mol. The van der Waals surface area contributed by atoms with Crippen molar-refractivity contribution >= 4 is 18.5 Å². The third kappa shape index (κ3) is 2.54.